The molecule has 4 aromatic rings. The van der Waals surface area contributed by atoms with E-state index in [4.69, 9.17) is 23.2 Å². The lowest BCUT2D eigenvalue weighted by Gasteiger charge is -2.36. The van der Waals surface area contributed by atoms with Gasteiger partial charge in [0.2, 0.25) is 0 Å². The van der Waals surface area contributed by atoms with E-state index < -0.39 is 10.8 Å². The standard InChI is InChI=1S/C31H25Cl2N3O3S/c32-23-11-8-21(9-12-23)20-36-27-18-22(10-13-29(27)40(39)28-7-2-1-6-26(28)31(36)38)30(37)35-16-14-34(15-17-35)25-5-3-4-24(33)19-25/h1-13,18-19H,14-17,20H2/t40-/m1/s1. The second-order valence-corrected chi connectivity index (χ2v) is 12.0. The molecule has 2 aliphatic rings. The molecule has 4 aromatic carbocycles. The first-order valence-electron chi connectivity index (χ1n) is 12.9. The maximum absolute atomic E-state index is 13.8. The van der Waals surface area contributed by atoms with Crippen LogP contribution >= 0.6 is 23.2 Å². The number of anilines is 2. The first-order valence-corrected chi connectivity index (χ1v) is 14.8. The highest BCUT2D eigenvalue weighted by molar-refractivity contribution is 7.85. The summed E-state index contributed by atoms with van der Waals surface area (Å²) in [6.07, 6.45) is 0. The molecule has 0 radical (unpaired) electrons. The van der Waals surface area contributed by atoms with E-state index in [1.54, 1.807) is 59.5 Å². The van der Waals surface area contributed by atoms with Gasteiger partial charge in [-0.25, -0.2) is 4.21 Å². The molecule has 2 amide bonds. The summed E-state index contributed by atoms with van der Waals surface area (Å²) in [7, 11) is -1.59. The minimum atomic E-state index is -1.59. The van der Waals surface area contributed by atoms with Crippen LogP contribution in [0.15, 0.2) is 101 Å². The molecule has 0 bridgehead atoms. The predicted molar refractivity (Wildman–Crippen MR) is 159 cm³/mol. The lowest BCUT2D eigenvalue weighted by molar-refractivity contribution is 0.0746. The van der Waals surface area contributed by atoms with Crippen LogP contribution in [0, 0.1) is 0 Å². The molecule has 0 aliphatic carbocycles. The summed E-state index contributed by atoms with van der Waals surface area (Å²) in [6.45, 7) is 2.69. The number of rotatable bonds is 4. The first kappa shape index (κ1) is 26.6. The van der Waals surface area contributed by atoms with Gasteiger partial charge in [0.25, 0.3) is 11.8 Å². The maximum Gasteiger partial charge on any atom is 0.259 e. The number of fused-ring (bicyclic) bond motifs is 2. The van der Waals surface area contributed by atoms with Crippen molar-refractivity contribution in [3.8, 4) is 0 Å². The fourth-order valence-corrected chi connectivity index (χ4v) is 6.80. The summed E-state index contributed by atoms with van der Waals surface area (Å²) in [5.41, 5.74) is 3.20. The number of nitrogens with zero attached hydrogens (tertiary/aromatic N) is 3. The lowest BCUT2D eigenvalue weighted by Crippen LogP contribution is -2.48. The number of benzene rings is 4. The Morgan fingerprint density at radius 3 is 2.27 bits per heavy atom. The van der Waals surface area contributed by atoms with Crippen molar-refractivity contribution < 1.29 is 13.8 Å². The van der Waals surface area contributed by atoms with Gasteiger partial charge in [0, 0.05) is 47.5 Å². The van der Waals surface area contributed by atoms with Crippen molar-refractivity contribution in [2.24, 2.45) is 0 Å². The Morgan fingerprint density at radius 1 is 0.775 bits per heavy atom. The summed E-state index contributed by atoms with van der Waals surface area (Å²) in [5.74, 6) is -0.391. The number of carbonyl (C=O) groups is 2. The topological polar surface area (TPSA) is 60.9 Å². The van der Waals surface area contributed by atoms with E-state index in [0.717, 1.165) is 11.3 Å². The molecule has 0 N–H and O–H groups in total. The van der Waals surface area contributed by atoms with Crippen molar-refractivity contribution in [3.63, 3.8) is 0 Å². The molecule has 0 unspecified atom stereocenters. The first-order chi connectivity index (χ1) is 19.4. The van der Waals surface area contributed by atoms with E-state index in [-0.39, 0.29) is 18.4 Å². The van der Waals surface area contributed by atoms with Crippen LogP contribution in [0.2, 0.25) is 10.0 Å². The number of halogens is 2. The summed E-state index contributed by atoms with van der Waals surface area (Å²) < 4.78 is 13.7. The SMILES string of the molecule is O=C(c1ccc2c(c1)N(Cc1ccc(Cl)cc1)C(=O)c1ccccc1[S@]2=O)N1CCN(c2cccc(Cl)c2)CC1. The second-order valence-electron chi connectivity index (χ2n) is 9.72. The third-order valence-electron chi connectivity index (χ3n) is 7.25. The molecule has 1 saturated heterocycles. The fourth-order valence-electron chi connectivity index (χ4n) is 5.15. The second kappa shape index (κ2) is 11.1. The quantitative estimate of drug-likeness (QED) is 0.281. The van der Waals surface area contributed by atoms with Gasteiger partial charge in [-0.1, -0.05) is 53.5 Å². The monoisotopic (exact) mass is 589 g/mol. The van der Waals surface area contributed by atoms with Crippen molar-refractivity contribution >= 4 is 57.2 Å². The Hall–Kier alpha value is -3.65. The molecule has 2 heterocycles. The normalized spacial score (nSPS) is 16.8. The van der Waals surface area contributed by atoms with Crippen LogP contribution in [0.25, 0.3) is 0 Å². The maximum atomic E-state index is 13.8. The minimum Gasteiger partial charge on any atom is -0.368 e. The zero-order valence-electron chi connectivity index (χ0n) is 21.4. The lowest BCUT2D eigenvalue weighted by atomic mass is 10.1. The van der Waals surface area contributed by atoms with Gasteiger partial charge < -0.3 is 14.7 Å². The largest absolute Gasteiger partial charge is 0.368 e. The van der Waals surface area contributed by atoms with Gasteiger partial charge in [-0.15, -0.1) is 0 Å². The van der Waals surface area contributed by atoms with Gasteiger partial charge in [0.15, 0.2) is 0 Å². The number of hydrogen-bond donors (Lipinski definition) is 0. The predicted octanol–water partition coefficient (Wildman–Crippen LogP) is 6.28. The van der Waals surface area contributed by atoms with E-state index in [2.05, 4.69) is 4.90 Å². The molecule has 2 aliphatic heterocycles. The highest BCUT2D eigenvalue weighted by atomic mass is 35.5. The van der Waals surface area contributed by atoms with Crippen molar-refractivity contribution in [1.82, 2.24) is 4.90 Å². The molecular formula is C31H25Cl2N3O3S. The Morgan fingerprint density at radius 2 is 1.52 bits per heavy atom. The van der Waals surface area contributed by atoms with Gasteiger partial charge >= 0.3 is 0 Å². The third kappa shape index (κ3) is 5.12. The van der Waals surface area contributed by atoms with Crippen molar-refractivity contribution in [1.29, 1.82) is 0 Å². The van der Waals surface area contributed by atoms with Gasteiger partial charge in [-0.05, 0) is 66.2 Å². The van der Waals surface area contributed by atoms with Crippen molar-refractivity contribution in [2.45, 2.75) is 16.3 Å². The fraction of sp³-hybridized carbons (Fsp3) is 0.161. The Labute approximate surface area is 245 Å². The van der Waals surface area contributed by atoms with Crippen LogP contribution in [0.4, 0.5) is 11.4 Å². The molecule has 6 rings (SSSR count). The number of piperazine rings is 1. The van der Waals surface area contributed by atoms with E-state index in [1.807, 2.05) is 41.3 Å². The number of amides is 2. The zero-order valence-corrected chi connectivity index (χ0v) is 23.8. The molecule has 0 spiro atoms. The van der Waals surface area contributed by atoms with Gasteiger partial charge in [-0.2, -0.15) is 0 Å². The van der Waals surface area contributed by atoms with E-state index >= 15 is 0 Å². The zero-order chi connectivity index (χ0) is 27.8. The Balaban J connectivity index is 1.31. The van der Waals surface area contributed by atoms with Crippen LogP contribution in [-0.4, -0.2) is 47.1 Å². The molecule has 1 fully saturated rings. The highest BCUT2D eigenvalue weighted by Crippen LogP contribution is 2.36. The van der Waals surface area contributed by atoms with Crippen LogP contribution in [0.1, 0.15) is 26.3 Å². The van der Waals surface area contributed by atoms with Crippen LogP contribution < -0.4 is 9.80 Å². The molecule has 1 atom stereocenters. The molecule has 202 valence electrons. The van der Waals surface area contributed by atoms with E-state index in [1.165, 1.54) is 0 Å². The van der Waals surface area contributed by atoms with Crippen LogP contribution in [0.5, 0.6) is 0 Å². The number of hydrogen-bond acceptors (Lipinski definition) is 4. The smallest absolute Gasteiger partial charge is 0.259 e. The average molecular weight is 591 g/mol. The number of carbonyl (C=O) groups excluding carboxylic acids is 2. The van der Waals surface area contributed by atoms with Gasteiger partial charge in [0.1, 0.15) is 0 Å². The van der Waals surface area contributed by atoms with Crippen LogP contribution in [0.3, 0.4) is 0 Å². The molecule has 9 heteroatoms. The van der Waals surface area contributed by atoms with E-state index in [0.29, 0.717) is 62.8 Å². The molecule has 0 saturated carbocycles. The van der Waals surface area contributed by atoms with Crippen LogP contribution in [-0.2, 0) is 17.3 Å². The van der Waals surface area contributed by atoms with Crippen molar-refractivity contribution in [2.75, 3.05) is 36.0 Å². The summed E-state index contributed by atoms with van der Waals surface area (Å²) in [6, 6.07) is 27.1. The van der Waals surface area contributed by atoms with Crippen molar-refractivity contribution in [3.05, 3.63) is 118 Å². The molecule has 40 heavy (non-hydrogen) atoms. The van der Waals surface area contributed by atoms with Gasteiger partial charge in [0.05, 0.1) is 38.4 Å². The summed E-state index contributed by atoms with van der Waals surface area (Å²) in [4.78, 5) is 34.1. The van der Waals surface area contributed by atoms with Gasteiger partial charge in [-0.3, -0.25) is 9.59 Å². The highest BCUT2D eigenvalue weighted by Gasteiger charge is 2.32. The Bertz CT molecular complexity index is 1640. The molecule has 6 nitrogen and oxygen atoms in total. The van der Waals surface area contributed by atoms with E-state index in [9.17, 15) is 13.8 Å². The third-order valence-corrected chi connectivity index (χ3v) is 9.24. The molecular weight excluding hydrogens is 565 g/mol. The minimum absolute atomic E-state index is 0.125. The molecule has 0 aromatic heterocycles. The average Bonchev–Trinajstić information content (AvgIpc) is 3.07. The summed E-state index contributed by atoms with van der Waals surface area (Å²) in [5, 5.41) is 1.28. The summed E-state index contributed by atoms with van der Waals surface area (Å²) >= 11 is 12.3. The Kier molecular flexibility index (Phi) is 7.36.